The number of fused-ring (bicyclic) bond motifs is 1. The van der Waals surface area contributed by atoms with E-state index in [0.717, 1.165) is 25.9 Å². The minimum absolute atomic E-state index is 0.0815. The monoisotopic (exact) mass is 355 g/mol. The number of benzene rings is 1. The summed E-state index contributed by atoms with van der Waals surface area (Å²) < 4.78 is 29.1. The zero-order valence-electron chi connectivity index (χ0n) is 14.4. The van der Waals surface area contributed by atoms with Crippen LogP contribution in [0.25, 0.3) is 0 Å². The Bertz CT molecular complexity index is 869. The summed E-state index contributed by atoms with van der Waals surface area (Å²) in [6, 6.07) is 6.07. The SMILES string of the molecule is CN1CCC(C2=Nc3[nH]ncc3C(c3c(F)cccc3F)C2C#N)CC1. The molecule has 3 heterocycles. The summed E-state index contributed by atoms with van der Waals surface area (Å²) in [5.74, 6) is -2.12. The first-order valence-electron chi connectivity index (χ1n) is 8.74. The van der Waals surface area contributed by atoms with Gasteiger partial charge in [-0.15, -0.1) is 0 Å². The Labute approximate surface area is 150 Å². The molecule has 0 amide bonds. The van der Waals surface area contributed by atoms with E-state index in [1.54, 1.807) is 0 Å². The van der Waals surface area contributed by atoms with E-state index in [1.807, 2.05) is 0 Å². The maximum Gasteiger partial charge on any atom is 0.151 e. The number of likely N-dealkylation sites (tertiary alicyclic amines) is 1. The van der Waals surface area contributed by atoms with Crippen LogP contribution in [0.3, 0.4) is 0 Å². The van der Waals surface area contributed by atoms with Gasteiger partial charge in [-0.3, -0.25) is 5.10 Å². The fourth-order valence-electron chi connectivity index (χ4n) is 4.07. The molecule has 1 N–H and O–H groups in total. The summed E-state index contributed by atoms with van der Waals surface area (Å²) in [5, 5.41) is 16.7. The Morgan fingerprint density at radius 1 is 1.23 bits per heavy atom. The summed E-state index contributed by atoms with van der Waals surface area (Å²) in [4.78, 5) is 6.89. The van der Waals surface area contributed by atoms with Gasteiger partial charge in [0.05, 0.1) is 18.2 Å². The molecular formula is C19H19F2N5. The van der Waals surface area contributed by atoms with Crippen LogP contribution in [0.2, 0.25) is 0 Å². The van der Waals surface area contributed by atoms with Crippen LogP contribution < -0.4 is 0 Å². The number of aromatic amines is 1. The Kier molecular flexibility index (Phi) is 4.29. The van der Waals surface area contributed by atoms with E-state index in [9.17, 15) is 14.0 Å². The molecule has 0 saturated carbocycles. The minimum atomic E-state index is -0.748. The number of piperidine rings is 1. The van der Waals surface area contributed by atoms with Crippen LogP contribution in [0.5, 0.6) is 0 Å². The largest absolute Gasteiger partial charge is 0.306 e. The van der Waals surface area contributed by atoms with Gasteiger partial charge in [-0.25, -0.2) is 13.8 Å². The van der Waals surface area contributed by atoms with Gasteiger partial charge < -0.3 is 4.90 Å². The third-order valence-corrected chi connectivity index (χ3v) is 5.46. The number of aromatic nitrogens is 2. The molecule has 2 atom stereocenters. The number of nitriles is 1. The molecular weight excluding hydrogens is 336 g/mol. The van der Waals surface area contributed by atoms with Crippen LogP contribution in [-0.2, 0) is 0 Å². The Balaban J connectivity index is 1.83. The summed E-state index contributed by atoms with van der Waals surface area (Å²) in [5.41, 5.74) is 1.20. The first kappa shape index (κ1) is 16.9. The summed E-state index contributed by atoms with van der Waals surface area (Å²) in [6.07, 6.45) is 3.28. The Morgan fingerprint density at radius 3 is 2.58 bits per heavy atom. The van der Waals surface area contributed by atoms with Gasteiger partial charge in [0.2, 0.25) is 0 Å². The summed E-state index contributed by atoms with van der Waals surface area (Å²) >= 11 is 0. The first-order chi connectivity index (χ1) is 12.6. The van der Waals surface area contributed by atoms with E-state index >= 15 is 0 Å². The first-order valence-corrected chi connectivity index (χ1v) is 8.74. The predicted molar refractivity (Wildman–Crippen MR) is 93.2 cm³/mol. The van der Waals surface area contributed by atoms with E-state index in [4.69, 9.17) is 0 Å². The van der Waals surface area contributed by atoms with Crippen molar-refractivity contribution in [3.05, 3.63) is 47.2 Å². The van der Waals surface area contributed by atoms with Crippen molar-refractivity contribution in [3.63, 3.8) is 0 Å². The second-order valence-electron chi connectivity index (χ2n) is 7.01. The average Bonchev–Trinajstić information content (AvgIpc) is 3.10. The van der Waals surface area contributed by atoms with Crippen LogP contribution in [-0.4, -0.2) is 40.9 Å². The van der Waals surface area contributed by atoms with Gasteiger partial charge in [0, 0.05) is 28.7 Å². The highest BCUT2D eigenvalue weighted by Crippen LogP contribution is 2.45. The molecule has 4 rings (SSSR count). The number of H-pyrrole nitrogens is 1. The van der Waals surface area contributed by atoms with E-state index in [0.29, 0.717) is 17.1 Å². The number of nitrogens with zero attached hydrogens (tertiary/aromatic N) is 4. The highest BCUT2D eigenvalue weighted by atomic mass is 19.1. The fourth-order valence-corrected chi connectivity index (χ4v) is 4.07. The van der Waals surface area contributed by atoms with Gasteiger partial charge in [-0.1, -0.05) is 6.07 Å². The average molecular weight is 355 g/mol. The molecule has 7 heteroatoms. The number of hydrogen-bond acceptors (Lipinski definition) is 4. The molecule has 5 nitrogen and oxygen atoms in total. The van der Waals surface area contributed by atoms with E-state index in [1.165, 1.54) is 24.4 Å². The second-order valence-corrected chi connectivity index (χ2v) is 7.01. The van der Waals surface area contributed by atoms with Gasteiger partial charge in [0.1, 0.15) is 11.6 Å². The second kappa shape index (κ2) is 6.61. The van der Waals surface area contributed by atoms with Crippen molar-refractivity contribution in [1.82, 2.24) is 15.1 Å². The van der Waals surface area contributed by atoms with Crippen LogP contribution in [0, 0.1) is 34.8 Å². The van der Waals surface area contributed by atoms with Gasteiger partial charge >= 0.3 is 0 Å². The Morgan fingerprint density at radius 2 is 1.92 bits per heavy atom. The maximum absolute atomic E-state index is 14.5. The molecule has 0 radical (unpaired) electrons. The minimum Gasteiger partial charge on any atom is -0.306 e. The predicted octanol–water partition coefficient (Wildman–Crippen LogP) is 3.39. The Hall–Kier alpha value is -2.59. The molecule has 1 saturated heterocycles. The molecule has 0 spiro atoms. The van der Waals surface area contributed by atoms with Crippen LogP contribution in [0.4, 0.5) is 14.6 Å². The highest BCUT2D eigenvalue weighted by molar-refractivity contribution is 5.96. The molecule has 2 aliphatic heterocycles. The topological polar surface area (TPSA) is 68.1 Å². The van der Waals surface area contributed by atoms with Crippen LogP contribution in [0.1, 0.15) is 29.9 Å². The lowest BCUT2D eigenvalue weighted by molar-refractivity contribution is 0.249. The zero-order chi connectivity index (χ0) is 18.3. The smallest absolute Gasteiger partial charge is 0.151 e. The normalized spacial score (nSPS) is 24.0. The summed E-state index contributed by atoms with van der Waals surface area (Å²) in [7, 11) is 2.06. The lowest BCUT2D eigenvalue weighted by atomic mass is 9.73. The van der Waals surface area contributed by atoms with Crippen LogP contribution in [0.15, 0.2) is 29.4 Å². The third kappa shape index (κ3) is 2.71. The van der Waals surface area contributed by atoms with Gasteiger partial charge in [-0.2, -0.15) is 10.4 Å². The third-order valence-electron chi connectivity index (χ3n) is 5.46. The zero-order valence-corrected chi connectivity index (χ0v) is 14.4. The van der Waals surface area contributed by atoms with Gasteiger partial charge in [0.15, 0.2) is 5.82 Å². The molecule has 134 valence electrons. The van der Waals surface area contributed by atoms with Crippen molar-refractivity contribution in [1.29, 1.82) is 5.26 Å². The van der Waals surface area contributed by atoms with E-state index < -0.39 is 23.5 Å². The standard InChI is InChI=1S/C19H19F2N5/c1-26-7-5-11(6-8-26)18-12(9-22)16(13-10-23-25-19(13)24-18)17-14(20)3-2-4-15(17)21/h2-4,10-12,16H,5-8H2,1H3,(H,23,25). The highest BCUT2D eigenvalue weighted by Gasteiger charge is 2.41. The molecule has 0 bridgehead atoms. The number of nitrogens with one attached hydrogen (secondary N) is 1. The molecule has 2 aliphatic rings. The van der Waals surface area contributed by atoms with Crippen molar-refractivity contribution in [2.24, 2.45) is 16.8 Å². The van der Waals surface area contributed by atoms with E-state index in [-0.39, 0.29) is 11.5 Å². The fraction of sp³-hybridized carbons (Fsp3) is 0.421. The number of rotatable bonds is 2. The number of halogens is 2. The maximum atomic E-state index is 14.5. The molecule has 2 unspecified atom stereocenters. The van der Waals surface area contributed by atoms with Crippen molar-refractivity contribution in [2.75, 3.05) is 20.1 Å². The molecule has 2 aromatic rings. The molecule has 1 fully saturated rings. The summed E-state index contributed by atoms with van der Waals surface area (Å²) in [6.45, 7) is 1.83. The van der Waals surface area contributed by atoms with E-state index in [2.05, 4.69) is 33.2 Å². The molecule has 0 aliphatic carbocycles. The molecule has 1 aromatic heterocycles. The number of hydrogen-bond donors (Lipinski definition) is 1. The van der Waals surface area contributed by atoms with Gasteiger partial charge in [-0.05, 0) is 45.1 Å². The lowest BCUT2D eigenvalue weighted by Crippen LogP contribution is -2.38. The van der Waals surface area contributed by atoms with Crippen molar-refractivity contribution >= 4 is 11.5 Å². The van der Waals surface area contributed by atoms with Gasteiger partial charge in [0.25, 0.3) is 0 Å². The van der Waals surface area contributed by atoms with Crippen molar-refractivity contribution in [3.8, 4) is 6.07 Å². The quantitative estimate of drug-likeness (QED) is 0.898. The molecule has 1 aromatic carbocycles. The molecule has 26 heavy (non-hydrogen) atoms. The van der Waals surface area contributed by atoms with Crippen molar-refractivity contribution < 1.29 is 8.78 Å². The van der Waals surface area contributed by atoms with Crippen LogP contribution >= 0.6 is 0 Å². The number of aliphatic imine (C=N–C) groups is 1. The van der Waals surface area contributed by atoms with Crippen molar-refractivity contribution in [2.45, 2.75) is 18.8 Å². The lowest BCUT2D eigenvalue weighted by Gasteiger charge is -2.35.